The zero-order chi connectivity index (χ0) is 26.6. The summed E-state index contributed by atoms with van der Waals surface area (Å²) >= 11 is 0. The van der Waals surface area contributed by atoms with Gasteiger partial charge < -0.3 is 12.4 Å². The molecular formula is C33H43ClCrN3. The average Bonchev–Trinajstić information content (AvgIpc) is 2.83. The third-order valence-electron chi connectivity index (χ3n) is 6.73. The molecule has 0 atom stereocenters. The molecule has 5 heteroatoms. The van der Waals surface area contributed by atoms with Gasteiger partial charge in [-0.3, -0.25) is 9.98 Å². The van der Waals surface area contributed by atoms with Crippen molar-refractivity contribution in [1.82, 2.24) is 4.98 Å². The molecule has 0 unspecified atom stereocenters. The second-order valence-electron chi connectivity index (χ2n) is 11.0. The van der Waals surface area contributed by atoms with Gasteiger partial charge in [0.1, 0.15) is 0 Å². The van der Waals surface area contributed by atoms with Crippen LogP contribution in [0.3, 0.4) is 0 Å². The van der Waals surface area contributed by atoms with E-state index in [0.717, 1.165) is 34.2 Å². The number of aromatic nitrogens is 1. The van der Waals surface area contributed by atoms with Gasteiger partial charge in [0.05, 0.1) is 34.2 Å². The number of nitrogens with zero attached hydrogens (tertiary/aromatic N) is 3. The predicted octanol–water partition coefficient (Wildman–Crippen LogP) is 6.86. The van der Waals surface area contributed by atoms with Gasteiger partial charge in [0.15, 0.2) is 0 Å². The van der Waals surface area contributed by atoms with E-state index in [2.05, 4.69) is 112 Å². The molecule has 3 nitrogen and oxygen atoms in total. The maximum atomic E-state index is 5.15. The third kappa shape index (κ3) is 7.89. The number of para-hydroxylation sites is 2. The Hall–Kier alpha value is -2.25. The summed E-state index contributed by atoms with van der Waals surface area (Å²) in [5, 5.41) is 0. The molecule has 0 spiro atoms. The van der Waals surface area contributed by atoms with Gasteiger partial charge in [-0.15, -0.1) is 0 Å². The normalized spacial score (nSPS) is 12.3. The van der Waals surface area contributed by atoms with Gasteiger partial charge in [0, 0.05) is 0 Å². The van der Waals surface area contributed by atoms with E-state index in [1.165, 1.54) is 22.3 Å². The van der Waals surface area contributed by atoms with Crippen molar-refractivity contribution in [3.63, 3.8) is 0 Å². The Kier molecular flexibility index (Phi) is 13.1. The van der Waals surface area contributed by atoms with Crippen molar-refractivity contribution in [3.05, 3.63) is 88.2 Å². The molecule has 0 aliphatic rings. The average molecular weight is 569 g/mol. The van der Waals surface area contributed by atoms with Crippen LogP contribution < -0.4 is 12.4 Å². The van der Waals surface area contributed by atoms with Gasteiger partial charge in [-0.1, -0.05) is 97.9 Å². The van der Waals surface area contributed by atoms with E-state index in [-0.39, 0.29) is 29.8 Å². The summed E-state index contributed by atoms with van der Waals surface area (Å²) in [6, 6.07) is 19.2. The molecule has 0 aliphatic heterocycles. The monoisotopic (exact) mass is 568 g/mol. The molecule has 2 aromatic carbocycles. The third-order valence-corrected chi connectivity index (χ3v) is 6.73. The molecule has 0 saturated heterocycles. The SMILES string of the molecule is CC(=Nc1c(C(C)C)cccc1C(C)C)c1cccc(C(C)=Nc2c(C(C)C)cccc2C(C)C)n1.[Cl-].[Cr+]. The van der Waals surface area contributed by atoms with Crippen LogP contribution in [0.1, 0.15) is 127 Å². The fraction of sp³-hybridized carbons (Fsp3) is 0.424. The van der Waals surface area contributed by atoms with E-state index < -0.39 is 0 Å². The first-order valence-electron chi connectivity index (χ1n) is 13.3. The van der Waals surface area contributed by atoms with Crippen LogP contribution >= 0.6 is 0 Å². The fourth-order valence-corrected chi connectivity index (χ4v) is 4.57. The largest absolute Gasteiger partial charge is 1.00 e. The van der Waals surface area contributed by atoms with Crippen LogP contribution in [0.4, 0.5) is 11.4 Å². The summed E-state index contributed by atoms with van der Waals surface area (Å²) < 4.78 is 0. The van der Waals surface area contributed by atoms with E-state index in [9.17, 15) is 0 Å². The minimum Gasteiger partial charge on any atom is -1.00 e. The molecule has 1 radical (unpaired) electrons. The number of halogens is 1. The quantitative estimate of drug-likeness (QED) is 0.274. The minimum atomic E-state index is 0. The summed E-state index contributed by atoms with van der Waals surface area (Å²) in [5.41, 5.74) is 10.9. The van der Waals surface area contributed by atoms with Crippen molar-refractivity contribution in [1.29, 1.82) is 0 Å². The summed E-state index contributed by atoms with van der Waals surface area (Å²) in [5.74, 6) is 1.61. The number of hydrogen-bond donors (Lipinski definition) is 0. The number of rotatable bonds is 8. The maximum absolute atomic E-state index is 5.15. The number of benzene rings is 2. The van der Waals surface area contributed by atoms with Crippen molar-refractivity contribution in [2.24, 2.45) is 9.98 Å². The molecule has 3 aromatic rings. The van der Waals surface area contributed by atoms with Gasteiger partial charge >= 0.3 is 17.4 Å². The zero-order valence-corrected chi connectivity index (χ0v) is 26.7. The minimum absolute atomic E-state index is 0. The topological polar surface area (TPSA) is 37.6 Å². The van der Waals surface area contributed by atoms with Gasteiger partial charge in [-0.05, 0) is 71.9 Å². The first-order valence-corrected chi connectivity index (χ1v) is 13.3. The molecule has 0 fully saturated rings. The van der Waals surface area contributed by atoms with Crippen molar-refractivity contribution < 1.29 is 29.8 Å². The molecule has 0 saturated carbocycles. The Bertz CT molecular complexity index is 1130. The van der Waals surface area contributed by atoms with Crippen molar-refractivity contribution in [3.8, 4) is 0 Å². The summed E-state index contributed by atoms with van der Waals surface area (Å²) in [6.45, 7) is 22.0. The smallest absolute Gasteiger partial charge is 1.00 e. The predicted molar refractivity (Wildman–Crippen MR) is 157 cm³/mol. The Morgan fingerprint density at radius 1 is 0.526 bits per heavy atom. The van der Waals surface area contributed by atoms with E-state index in [1.807, 2.05) is 12.1 Å². The molecule has 3 rings (SSSR count). The summed E-state index contributed by atoms with van der Waals surface area (Å²) in [7, 11) is 0. The second kappa shape index (κ2) is 14.8. The van der Waals surface area contributed by atoms with Gasteiger partial charge in [-0.2, -0.15) is 0 Å². The molecule has 0 bridgehead atoms. The zero-order valence-electron chi connectivity index (χ0n) is 24.6. The first kappa shape index (κ1) is 33.8. The van der Waals surface area contributed by atoms with Crippen LogP contribution in [0.5, 0.6) is 0 Å². The van der Waals surface area contributed by atoms with Gasteiger partial charge in [0.25, 0.3) is 0 Å². The van der Waals surface area contributed by atoms with Crippen molar-refractivity contribution in [2.45, 2.75) is 92.9 Å². The fourth-order valence-electron chi connectivity index (χ4n) is 4.57. The summed E-state index contributed by atoms with van der Waals surface area (Å²) in [4.78, 5) is 15.3. The Morgan fingerprint density at radius 2 is 0.789 bits per heavy atom. The number of pyridine rings is 1. The molecule has 0 N–H and O–H groups in total. The number of hydrogen-bond acceptors (Lipinski definition) is 3. The molecule has 203 valence electrons. The van der Waals surface area contributed by atoms with Crippen LogP contribution in [-0.4, -0.2) is 16.4 Å². The number of aliphatic imine (C=N–C) groups is 2. The van der Waals surface area contributed by atoms with Crippen molar-refractivity contribution >= 4 is 22.8 Å². The van der Waals surface area contributed by atoms with Crippen LogP contribution in [0.25, 0.3) is 0 Å². The molecule has 0 aliphatic carbocycles. The van der Waals surface area contributed by atoms with E-state index in [0.29, 0.717) is 23.7 Å². The molecule has 1 aromatic heterocycles. The van der Waals surface area contributed by atoms with Crippen LogP contribution in [-0.2, 0) is 17.4 Å². The van der Waals surface area contributed by atoms with Crippen LogP contribution in [0.15, 0.2) is 64.6 Å². The Morgan fingerprint density at radius 3 is 1.05 bits per heavy atom. The molecule has 0 amide bonds. The van der Waals surface area contributed by atoms with Gasteiger partial charge in [0.2, 0.25) is 0 Å². The first-order chi connectivity index (χ1) is 17.0. The van der Waals surface area contributed by atoms with Gasteiger partial charge in [-0.25, -0.2) is 4.98 Å². The van der Waals surface area contributed by atoms with E-state index in [1.54, 1.807) is 0 Å². The summed E-state index contributed by atoms with van der Waals surface area (Å²) in [6.07, 6.45) is 0. The molecular weight excluding hydrogens is 526 g/mol. The van der Waals surface area contributed by atoms with Crippen molar-refractivity contribution in [2.75, 3.05) is 0 Å². The van der Waals surface area contributed by atoms with Crippen LogP contribution in [0.2, 0.25) is 0 Å². The van der Waals surface area contributed by atoms with E-state index in [4.69, 9.17) is 15.0 Å². The Balaban J connectivity index is 0.00000361. The standard InChI is InChI=1S/C33H43N3.ClH.Cr/c1-20(2)26-14-11-15-27(21(3)4)32(26)34-24(9)30-18-13-19-31(36-30)25(10)35-33-28(22(5)6)16-12-17-29(33)23(7)8;;/h11-23H,1-10H3;1H;/q;;+1/p-1. The van der Waals surface area contributed by atoms with Crippen LogP contribution in [0, 0.1) is 0 Å². The maximum Gasteiger partial charge on any atom is 1.00 e. The Labute approximate surface area is 247 Å². The van der Waals surface area contributed by atoms with E-state index >= 15 is 0 Å². The second-order valence-corrected chi connectivity index (χ2v) is 11.0. The molecule has 1 heterocycles. The molecule has 38 heavy (non-hydrogen) atoms.